The molecule has 4 nitrogen and oxygen atoms in total. The fourth-order valence-electron chi connectivity index (χ4n) is 2.44. The molecule has 0 atom stereocenters. The Hall–Kier alpha value is -1.03. The summed E-state index contributed by atoms with van der Waals surface area (Å²) in [5.41, 5.74) is 7.50. The van der Waals surface area contributed by atoms with Crippen LogP contribution in [0, 0.1) is 5.92 Å². The molecule has 0 spiro atoms. The number of aliphatic imine (C=N–C) groups is 1. The topological polar surface area (TPSA) is 50.8 Å². The first-order chi connectivity index (χ1) is 8.75. The maximum Gasteiger partial charge on any atom is 0.191 e. The first-order valence-electron chi connectivity index (χ1n) is 7.06. The van der Waals surface area contributed by atoms with Crippen LogP contribution in [-0.2, 0) is 4.74 Å². The number of likely N-dealkylation sites (tertiary alicyclic amines) is 1. The molecule has 0 aromatic heterocycles. The number of guanidine groups is 1. The van der Waals surface area contributed by atoms with E-state index >= 15 is 0 Å². The summed E-state index contributed by atoms with van der Waals surface area (Å²) in [6.45, 7) is 6.86. The number of nitrogens with zero attached hydrogens (tertiary/aromatic N) is 2. The van der Waals surface area contributed by atoms with Crippen LogP contribution >= 0.6 is 0 Å². The maximum absolute atomic E-state index is 6.04. The van der Waals surface area contributed by atoms with Gasteiger partial charge in [0.1, 0.15) is 0 Å². The van der Waals surface area contributed by atoms with Gasteiger partial charge in [-0.05, 0) is 31.6 Å². The van der Waals surface area contributed by atoms with Gasteiger partial charge in [0, 0.05) is 19.6 Å². The molecule has 1 fully saturated rings. The molecule has 0 aliphatic carbocycles. The third-order valence-electron chi connectivity index (χ3n) is 3.87. The van der Waals surface area contributed by atoms with Crippen LogP contribution in [0.15, 0.2) is 16.6 Å². The highest BCUT2D eigenvalue weighted by Crippen LogP contribution is 2.16. The van der Waals surface area contributed by atoms with Crippen molar-refractivity contribution in [2.75, 3.05) is 32.8 Å². The molecule has 2 rings (SSSR count). The molecule has 0 saturated carbocycles. The van der Waals surface area contributed by atoms with E-state index in [-0.39, 0.29) is 0 Å². The summed E-state index contributed by atoms with van der Waals surface area (Å²) in [6, 6.07) is 0. The Labute approximate surface area is 110 Å². The van der Waals surface area contributed by atoms with E-state index in [1.807, 2.05) is 0 Å². The Morgan fingerprint density at radius 2 is 2.28 bits per heavy atom. The standard InChI is InChI=1S/C14H25N3O/c1-12-3-8-17(9-4-12)14(15)16-7-2-13-5-10-18-11-6-13/h5,12H,2-4,6-11H2,1H3,(H2,15,16). The summed E-state index contributed by atoms with van der Waals surface area (Å²) in [5.74, 6) is 1.57. The van der Waals surface area contributed by atoms with Crippen LogP contribution in [0.5, 0.6) is 0 Å². The molecule has 0 aromatic carbocycles. The molecule has 4 heteroatoms. The van der Waals surface area contributed by atoms with Crippen LogP contribution in [0.1, 0.15) is 32.6 Å². The SMILES string of the molecule is CC1CCN(C(N)=NCCC2=CCOCC2)CC1. The number of hydrogen-bond donors (Lipinski definition) is 1. The smallest absolute Gasteiger partial charge is 0.191 e. The second kappa shape index (κ2) is 6.78. The van der Waals surface area contributed by atoms with Crippen molar-refractivity contribution in [1.29, 1.82) is 0 Å². The van der Waals surface area contributed by atoms with Crippen LogP contribution in [-0.4, -0.2) is 43.7 Å². The van der Waals surface area contributed by atoms with Gasteiger partial charge >= 0.3 is 0 Å². The van der Waals surface area contributed by atoms with E-state index in [4.69, 9.17) is 10.5 Å². The highest BCUT2D eigenvalue weighted by molar-refractivity contribution is 5.78. The van der Waals surface area contributed by atoms with Gasteiger partial charge in [-0.15, -0.1) is 0 Å². The molecule has 2 aliphatic heterocycles. The first-order valence-corrected chi connectivity index (χ1v) is 7.06. The van der Waals surface area contributed by atoms with E-state index < -0.39 is 0 Å². The van der Waals surface area contributed by atoms with Gasteiger partial charge in [0.2, 0.25) is 0 Å². The minimum Gasteiger partial charge on any atom is -0.377 e. The number of ether oxygens (including phenoxy) is 1. The zero-order valence-electron chi connectivity index (χ0n) is 11.4. The number of piperidine rings is 1. The lowest BCUT2D eigenvalue weighted by Crippen LogP contribution is -2.42. The van der Waals surface area contributed by atoms with Crippen molar-refractivity contribution in [3.63, 3.8) is 0 Å². The molecule has 0 aromatic rings. The highest BCUT2D eigenvalue weighted by atomic mass is 16.5. The predicted octanol–water partition coefficient (Wildman–Crippen LogP) is 1.77. The molecule has 0 bridgehead atoms. The van der Waals surface area contributed by atoms with E-state index in [9.17, 15) is 0 Å². The van der Waals surface area contributed by atoms with Crippen LogP contribution in [0.3, 0.4) is 0 Å². The molecule has 2 N–H and O–H groups in total. The summed E-state index contributed by atoms with van der Waals surface area (Å²) in [6.07, 6.45) is 6.72. The zero-order chi connectivity index (χ0) is 12.8. The average Bonchev–Trinajstić information content (AvgIpc) is 2.40. The minimum atomic E-state index is 0.731. The molecule has 0 amide bonds. The summed E-state index contributed by atoms with van der Waals surface area (Å²) >= 11 is 0. The molecule has 102 valence electrons. The number of hydrogen-bond acceptors (Lipinski definition) is 2. The lowest BCUT2D eigenvalue weighted by molar-refractivity contribution is 0.153. The fourth-order valence-corrected chi connectivity index (χ4v) is 2.44. The molecular formula is C14H25N3O. The van der Waals surface area contributed by atoms with Gasteiger partial charge in [-0.3, -0.25) is 4.99 Å². The summed E-state index contributed by atoms with van der Waals surface area (Å²) in [7, 11) is 0. The largest absolute Gasteiger partial charge is 0.377 e. The first kappa shape index (κ1) is 13.4. The highest BCUT2D eigenvalue weighted by Gasteiger charge is 2.16. The fraction of sp³-hybridized carbons (Fsp3) is 0.786. The Morgan fingerprint density at radius 1 is 1.50 bits per heavy atom. The predicted molar refractivity (Wildman–Crippen MR) is 74.6 cm³/mol. The van der Waals surface area contributed by atoms with Gasteiger partial charge in [0.25, 0.3) is 0 Å². The van der Waals surface area contributed by atoms with E-state index in [1.165, 1.54) is 18.4 Å². The molecule has 2 aliphatic rings. The lowest BCUT2D eigenvalue weighted by Gasteiger charge is -2.31. The van der Waals surface area contributed by atoms with Crippen LogP contribution < -0.4 is 5.73 Å². The van der Waals surface area contributed by atoms with Gasteiger partial charge in [0.15, 0.2) is 5.96 Å². The quantitative estimate of drug-likeness (QED) is 0.472. The van der Waals surface area contributed by atoms with E-state index in [2.05, 4.69) is 22.9 Å². The zero-order valence-corrected chi connectivity index (χ0v) is 11.4. The molecule has 1 saturated heterocycles. The molecule has 0 radical (unpaired) electrons. The third kappa shape index (κ3) is 4.02. The Kier molecular flexibility index (Phi) is 5.05. The maximum atomic E-state index is 6.04. The second-order valence-corrected chi connectivity index (χ2v) is 5.35. The Morgan fingerprint density at radius 3 is 2.94 bits per heavy atom. The summed E-state index contributed by atoms with van der Waals surface area (Å²) in [5, 5.41) is 0. The van der Waals surface area contributed by atoms with E-state index in [0.29, 0.717) is 0 Å². The van der Waals surface area contributed by atoms with Crippen LogP contribution in [0.4, 0.5) is 0 Å². The molecular weight excluding hydrogens is 226 g/mol. The van der Waals surface area contributed by atoms with Gasteiger partial charge in [0.05, 0.1) is 13.2 Å². The molecule has 2 heterocycles. The summed E-state index contributed by atoms with van der Waals surface area (Å²) in [4.78, 5) is 6.73. The monoisotopic (exact) mass is 251 g/mol. The van der Waals surface area contributed by atoms with Gasteiger partial charge in [-0.25, -0.2) is 0 Å². The third-order valence-corrected chi connectivity index (χ3v) is 3.87. The average molecular weight is 251 g/mol. The minimum absolute atomic E-state index is 0.731. The van der Waals surface area contributed by atoms with Crippen molar-refractivity contribution in [3.8, 4) is 0 Å². The van der Waals surface area contributed by atoms with Crippen molar-refractivity contribution in [1.82, 2.24) is 4.90 Å². The molecule has 0 unspecified atom stereocenters. The second-order valence-electron chi connectivity index (χ2n) is 5.35. The lowest BCUT2D eigenvalue weighted by atomic mass is 10.00. The van der Waals surface area contributed by atoms with Crippen LogP contribution in [0.25, 0.3) is 0 Å². The van der Waals surface area contributed by atoms with Crippen molar-refractivity contribution in [2.24, 2.45) is 16.6 Å². The van der Waals surface area contributed by atoms with Crippen molar-refractivity contribution in [2.45, 2.75) is 32.6 Å². The van der Waals surface area contributed by atoms with E-state index in [0.717, 1.165) is 57.6 Å². The van der Waals surface area contributed by atoms with Gasteiger partial charge in [-0.2, -0.15) is 0 Å². The van der Waals surface area contributed by atoms with Crippen LogP contribution in [0.2, 0.25) is 0 Å². The molecule has 18 heavy (non-hydrogen) atoms. The van der Waals surface area contributed by atoms with Crippen molar-refractivity contribution >= 4 is 5.96 Å². The van der Waals surface area contributed by atoms with Gasteiger partial charge < -0.3 is 15.4 Å². The number of nitrogens with two attached hydrogens (primary N) is 1. The van der Waals surface area contributed by atoms with Crippen molar-refractivity contribution < 1.29 is 4.74 Å². The summed E-state index contributed by atoms with van der Waals surface area (Å²) < 4.78 is 5.29. The van der Waals surface area contributed by atoms with Gasteiger partial charge in [-0.1, -0.05) is 18.6 Å². The van der Waals surface area contributed by atoms with E-state index in [1.54, 1.807) is 0 Å². The van der Waals surface area contributed by atoms with Crippen molar-refractivity contribution in [3.05, 3.63) is 11.6 Å². The Balaban J connectivity index is 1.73. The normalized spacial score (nSPS) is 23.1. The Bertz CT molecular complexity index is 317. The number of rotatable bonds is 3.